The molecular weight excluding hydrogens is 693 g/mol. The lowest BCUT2D eigenvalue weighted by Gasteiger charge is -2.72. The Morgan fingerprint density at radius 2 is 1.57 bits per heavy atom. The topological polar surface area (TPSA) is 91.8 Å². The van der Waals surface area contributed by atoms with Crippen LogP contribution in [0.1, 0.15) is 128 Å². The van der Waals surface area contributed by atoms with Crippen LogP contribution in [0.2, 0.25) is 0 Å². The van der Waals surface area contributed by atoms with Gasteiger partial charge in [-0.15, -0.1) is 0 Å². The number of carbonyl (C=O) groups excluding carboxylic acids is 1. The number of hydrogen-bond acceptors (Lipinski definition) is 5. The molecule has 1 heterocycles. The van der Waals surface area contributed by atoms with Gasteiger partial charge in [0.25, 0.3) is 0 Å². The number of Topliss-reactive ketones (excluding diaryl/α,β-unsaturated/α-hetero) is 1. The molecular formula is C44H61F2NO5S. The first-order chi connectivity index (χ1) is 24.7. The summed E-state index contributed by atoms with van der Waals surface area (Å²) in [5, 5.41) is 9.37. The lowest BCUT2D eigenvalue weighted by Crippen LogP contribution is -2.65. The van der Waals surface area contributed by atoms with Gasteiger partial charge in [0.1, 0.15) is 23.0 Å². The summed E-state index contributed by atoms with van der Waals surface area (Å²) in [4.78, 5) is 28.3. The zero-order valence-electron chi connectivity index (χ0n) is 32.8. The third-order valence-corrected chi connectivity index (χ3v) is 18.7. The van der Waals surface area contributed by atoms with Gasteiger partial charge >= 0.3 is 5.97 Å². The standard InChI is InChI=1S/C44H61F2NO5S/c1-27(2)29-12-17-44(36(48)9-8-20-47-21-23-53(51,52)24-22-47)19-18-42(6)31(38(29)44)10-11-35-41(5)15-13-30(40(3,4)34(41)14-16-43(35,42)7)28-25-32(45)37(39(49)50)33(46)26-28/h13,25-26,29,31,34-35,38H,1,8-12,14-24H2,2-7H3,(H,49,50)/t29-,31+,34-,35+,38+,41-,42+,43+,44+/m0/s1. The van der Waals surface area contributed by atoms with Crippen molar-refractivity contribution in [3.05, 3.63) is 53.1 Å². The Hall–Kier alpha value is -2.39. The van der Waals surface area contributed by atoms with E-state index in [1.165, 1.54) is 17.7 Å². The van der Waals surface area contributed by atoms with Gasteiger partial charge in [-0.25, -0.2) is 22.0 Å². The molecule has 53 heavy (non-hydrogen) atoms. The Labute approximate surface area is 316 Å². The second kappa shape index (κ2) is 13.1. The van der Waals surface area contributed by atoms with Gasteiger partial charge in [0.2, 0.25) is 0 Å². The van der Waals surface area contributed by atoms with Crippen molar-refractivity contribution in [1.29, 1.82) is 0 Å². The van der Waals surface area contributed by atoms with Crippen LogP contribution >= 0.6 is 0 Å². The number of carboxylic acid groups (broad SMARTS) is 1. The van der Waals surface area contributed by atoms with E-state index in [1.54, 1.807) is 0 Å². The van der Waals surface area contributed by atoms with E-state index in [-0.39, 0.29) is 44.5 Å². The number of carboxylic acids is 1. The number of rotatable bonds is 8. The van der Waals surface area contributed by atoms with Crippen molar-refractivity contribution in [2.75, 3.05) is 31.1 Å². The first-order valence-corrected chi connectivity index (χ1v) is 22.1. The molecule has 0 amide bonds. The molecule has 0 aromatic heterocycles. The summed E-state index contributed by atoms with van der Waals surface area (Å²) in [6.45, 7) is 20.6. The number of aromatic carboxylic acids is 1. The minimum Gasteiger partial charge on any atom is -0.477 e. The highest BCUT2D eigenvalue weighted by molar-refractivity contribution is 7.91. The van der Waals surface area contributed by atoms with Gasteiger partial charge in [-0.05, 0) is 152 Å². The lowest BCUT2D eigenvalue weighted by atomic mass is 9.32. The summed E-state index contributed by atoms with van der Waals surface area (Å²) < 4.78 is 53.8. The molecule has 1 aromatic rings. The van der Waals surface area contributed by atoms with Crippen LogP contribution < -0.4 is 0 Å². The third kappa shape index (κ3) is 5.85. The largest absolute Gasteiger partial charge is 0.477 e. The maximum atomic E-state index is 15.0. The van der Waals surface area contributed by atoms with Gasteiger partial charge in [0.05, 0.1) is 11.5 Å². The maximum Gasteiger partial charge on any atom is 0.341 e. The van der Waals surface area contributed by atoms with Crippen LogP contribution in [0.4, 0.5) is 8.78 Å². The molecule has 0 radical (unpaired) electrons. The summed E-state index contributed by atoms with van der Waals surface area (Å²) in [5.74, 6) is -1.01. The van der Waals surface area contributed by atoms with Crippen LogP contribution in [0, 0.1) is 68.3 Å². The molecule has 4 saturated carbocycles. The molecule has 0 spiro atoms. The highest BCUT2D eigenvalue weighted by atomic mass is 32.2. The Balaban J connectivity index is 1.15. The first-order valence-electron chi connectivity index (χ1n) is 20.3. The molecule has 7 rings (SSSR count). The molecule has 1 N–H and O–H groups in total. The summed E-state index contributed by atoms with van der Waals surface area (Å²) in [6.07, 6.45) is 12.5. The van der Waals surface area contributed by atoms with Crippen LogP contribution in [0.25, 0.3) is 5.57 Å². The van der Waals surface area contributed by atoms with Crippen molar-refractivity contribution in [2.45, 2.75) is 112 Å². The van der Waals surface area contributed by atoms with Crippen molar-refractivity contribution < 1.29 is 31.9 Å². The summed E-state index contributed by atoms with van der Waals surface area (Å²) in [6, 6.07) is 2.41. The number of nitrogens with zero attached hydrogens (tertiary/aromatic N) is 1. The van der Waals surface area contributed by atoms with Gasteiger partial charge in [-0.2, -0.15) is 0 Å². The number of sulfone groups is 1. The van der Waals surface area contributed by atoms with E-state index in [0.29, 0.717) is 54.5 Å². The average Bonchev–Trinajstić information content (AvgIpc) is 3.46. The number of halogens is 2. The van der Waals surface area contributed by atoms with Crippen molar-refractivity contribution in [2.24, 2.45) is 56.7 Å². The second-order valence-corrected chi connectivity index (χ2v) is 21.8. The molecule has 1 aromatic carbocycles. The van der Waals surface area contributed by atoms with Gasteiger partial charge in [0.15, 0.2) is 9.84 Å². The maximum absolute atomic E-state index is 15.0. The number of hydrogen-bond donors (Lipinski definition) is 1. The van der Waals surface area contributed by atoms with Crippen molar-refractivity contribution >= 4 is 27.2 Å². The Kier molecular flexibility index (Phi) is 9.60. The van der Waals surface area contributed by atoms with Crippen LogP contribution in [0.5, 0.6) is 0 Å². The van der Waals surface area contributed by atoms with Gasteiger partial charge < -0.3 is 10.0 Å². The quantitative estimate of drug-likeness (QED) is 0.266. The minimum atomic E-state index is -2.93. The fourth-order valence-corrected chi connectivity index (χ4v) is 15.6. The minimum absolute atomic E-state index is 0.0202. The molecule has 6 nitrogen and oxygen atoms in total. The van der Waals surface area contributed by atoms with E-state index in [1.807, 2.05) is 0 Å². The molecule has 9 heteroatoms. The zero-order valence-corrected chi connectivity index (χ0v) is 33.6. The van der Waals surface area contributed by atoms with E-state index in [0.717, 1.165) is 76.3 Å². The van der Waals surface area contributed by atoms with Crippen LogP contribution in [-0.4, -0.2) is 61.3 Å². The monoisotopic (exact) mass is 753 g/mol. The first kappa shape index (κ1) is 38.9. The van der Waals surface area contributed by atoms with Crippen molar-refractivity contribution in [1.82, 2.24) is 4.90 Å². The molecule has 0 bridgehead atoms. The molecule has 9 atom stereocenters. The van der Waals surface area contributed by atoms with Crippen LogP contribution in [0.15, 0.2) is 30.4 Å². The molecule has 5 aliphatic carbocycles. The van der Waals surface area contributed by atoms with Gasteiger partial charge in [-0.1, -0.05) is 52.8 Å². The molecule has 292 valence electrons. The number of allylic oxidation sites excluding steroid dienone is 3. The summed E-state index contributed by atoms with van der Waals surface area (Å²) in [5.41, 5.74) is 1.06. The van der Waals surface area contributed by atoms with Gasteiger partial charge in [-0.3, -0.25) is 4.79 Å². The molecule has 6 aliphatic rings. The fourth-order valence-electron chi connectivity index (χ4n) is 14.3. The predicted molar refractivity (Wildman–Crippen MR) is 205 cm³/mol. The molecule has 5 fully saturated rings. The molecule has 0 unspecified atom stereocenters. The average molecular weight is 754 g/mol. The lowest BCUT2D eigenvalue weighted by molar-refractivity contribution is -0.224. The van der Waals surface area contributed by atoms with Crippen molar-refractivity contribution in [3.63, 3.8) is 0 Å². The smallest absolute Gasteiger partial charge is 0.341 e. The predicted octanol–water partition coefficient (Wildman–Crippen LogP) is 9.39. The molecule has 1 saturated heterocycles. The van der Waals surface area contributed by atoms with Crippen LogP contribution in [0.3, 0.4) is 0 Å². The normalized spacial score (nSPS) is 40.2. The summed E-state index contributed by atoms with van der Waals surface area (Å²) >= 11 is 0. The number of fused-ring (bicyclic) bond motifs is 7. The Morgan fingerprint density at radius 3 is 2.19 bits per heavy atom. The highest BCUT2D eigenvalue weighted by Gasteiger charge is 2.71. The number of ketones is 1. The molecule has 1 aliphatic heterocycles. The third-order valence-electron chi connectivity index (χ3n) is 17.1. The Bertz CT molecular complexity index is 1820. The highest BCUT2D eigenvalue weighted by Crippen LogP contribution is 2.78. The Morgan fingerprint density at radius 1 is 0.906 bits per heavy atom. The van der Waals surface area contributed by atoms with E-state index in [4.69, 9.17) is 0 Å². The summed E-state index contributed by atoms with van der Waals surface area (Å²) in [7, 11) is -2.93. The van der Waals surface area contributed by atoms with E-state index in [9.17, 15) is 31.9 Å². The zero-order chi connectivity index (χ0) is 38.5. The number of carbonyl (C=O) groups is 2. The van der Waals surface area contributed by atoms with Crippen LogP contribution in [-0.2, 0) is 14.6 Å². The van der Waals surface area contributed by atoms with Gasteiger partial charge in [0, 0.05) is 24.9 Å². The van der Waals surface area contributed by atoms with E-state index in [2.05, 4.69) is 59.1 Å². The van der Waals surface area contributed by atoms with Crippen molar-refractivity contribution in [3.8, 4) is 0 Å². The van der Waals surface area contributed by atoms with E-state index >= 15 is 0 Å². The fraction of sp³-hybridized carbons (Fsp3) is 0.727. The SMILES string of the molecule is C=C(C)[C@@H]1CC[C@]2(C(=O)CCCN3CCS(=O)(=O)CC3)CC[C@]3(C)[C@H](CC[C@@H]4[C@@]5(C)CC=C(c6cc(F)c(C(=O)O)c(F)c6)C(C)(C)[C@@H]5CC[C@]43C)[C@@H]12. The van der Waals surface area contributed by atoms with E-state index < -0.39 is 33.0 Å². The second-order valence-electron chi connectivity index (χ2n) is 19.5. The number of benzene rings is 1.